The summed E-state index contributed by atoms with van der Waals surface area (Å²) in [5, 5.41) is 0. The van der Waals surface area contributed by atoms with E-state index in [9.17, 15) is 0 Å². The van der Waals surface area contributed by atoms with Gasteiger partial charge >= 0.3 is 0 Å². The number of nitrogens with two attached hydrogens (primary N) is 2. The summed E-state index contributed by atoms with van der Waals surface area (Å²) in [5.41, 5.74) is 10.1. The molecule has 0 aliphatic heterocycles. The summed E-state index contributed by atoms with van der Waals surface area (Å²) < 4.78 is 0. The van der Waals surface area contributed by atoms with E-state index in [1.807, 2.05) is 0 Å². The van der Waals surface area contributed by atoms with Crippen LogP contribution in [0.1, 0.15) is 6.42 Å². The van der Waals surface area contributed by atoms with Gasteiger partial charge in [-0.25, -0.2) is 0 Å². The molecule has 0 fully saturated rings. The van der Waals surface area contributed by atoms with Crippen LogP contribution in [0.5, 0.6) is 0 Å². The maximum atomic E-state index is 5.06. The fourth-order valence-corrected chi connectivity index (χ4v) is 0.118. The molecular weight excluding hydrogens is 103 g/mol. The summed E-state index contributed by atoms with van der Waals surface area (Å²) in [4.78, 5) is 0. The smallest absolute Gasteiger partial charge is 0 e. The van der Waals surface area contributed by atoms with Gasteiger partial charge in [-0.2, -0.15) is 0 Å². The van der Waals surface area contributed by atoms with E-state index in [4.69, 9.17) is 11.5 Å². The minimum atomic E-state index is 0. The summed E-state index contributed by atoms with van der Waals surface area (Å²) in [7, 11) is 0. The third-order valence-electron chi connectivity index (χ3n) is 0.408. The summed E-state index contributed by atoms with van der Waals surface area (Å²) in [5.74, 6) is 0. The largest absolute Gasteiger partial charge is 0.330 e. The van der Waals surface area contributed by atoms with Gasteiger partial charge < -0.3 is 11.5 Å². The first kappa shape index (κ1) is 10.5. The van der Waals surface area contributed by atoms with Crippen LogP contribution in [-0.2, 0) is 0 Å². The van der Waals surface area contributed by atoms with Crippen LogP contribution in [-0.4, -0.2) is 64.5 Å². The molecule has 0 bridgehead atoms. The first-order valence-electron chi connectivity index (χ1n) is 1.82. The third-order valence-corrected chi connectivity index (χ3v) is 0.408. The van der Waals surface area contributed by atoms with E-state index in [2.05, 4.69) is 0 Å². The van der Waals surface area contributed by atoms with Gasteiger partial charge in [-0.1, -0.05) is 0 Å². The standard InChI is InChI=1S/C3H10N2.K/c4-2-1-3-5;/h1-5H2;. The Morgan fingerprint density at radius 1 is 1.00 bits per heavy atom. The maximum Gasteiger partial charge on any atom is 0 e. The molecule has 0 saturated heterocycles. The second-order valence-corrected chi connectivity index (χ2v) is 0.931. The van der Waals surface area contributed by atoms with Crippen LogP contribution < -0.4 is 11.5 Å². The maximum absolute atomic E-state index is 5.06. The van der Waals surface area contributed by atoms with E-state index in [1.54, 1.807) is 0 Å². The zero-order chi connectivity index (χ0) is 4.12. The molecule has 0 heterocycles. The molecule has 3 heteroatoms. The molecule has 0 saturated carbocycles. The van der Waals surface area contributed by atoms with Gasteiger partial charge in [0.1, 0.15) is 0 Å². The van der Waals surface area contributed by atoms with Crippen molar-refractivity contribution in [1.82, 2.24) is 0 Å². The Morgan fingerprint density at radius 2 is 1.33 bits per heavy atom. The average Bonchev–Trinajstić information content (AvgIpc) is 1.41. The number of hydrogen-bond acceptors (Lipinski definition) is 2. The Kier molecular flexibility index (Phi) is 17.1. The first-order valence-corrected chi connectivity index (χ1v) is 1.82. The predicted molar refractivity (Wildman–Crippen MR) is 28.5 cm³/mol. The molecule has 0 atom stereocenters. The molecule has 0 unspecified atom stereocenters. The van der Waals surface area contributed by atoms with Crippen molar-refractivity contribution in [3.05, 3.63) is 0 Å². The van der Waals surface area contributed by atoms with Crippen molar-refractivity contribution in [3.63, 3.8) is 0 Å². The van der Waals surface area contributed by atoms with Crippen LogP contribution in [0.15, 0.2) is 0 Å². The Hall–Kier alpha value is 1.56. The number of rotatable bonds is 2. The normalized spacial score (nSPS) is 7.00. The molecule has 0 aliphatic rings. The van der Waals surface area contributed by atoms with E-state index in [0.717, 1.165) is 19.5 Å². The van der Waals surface area contributed by atoms with Gasteiger partial charge in [0.05, 0.1) is 0 Å². The summed E-state index contributed by atoms with van der Waals surface area (Å²) in [6.45, 7) is 1.44. The quantitative estimate of drug-likeness (QED) is 0.447. The van der Waals surface area contributed by atoms with E-state index in [1.165, 1.54) is 0 Å². The van der Waals surface area contributed by atoms with Gasteiger partial charge in [0.15, 0.2) is 0 Å². The van der Waals surface area contributed by atoms with Crippen molar-refractivity contribution < 1.29 is 0 Å². The van der Waals surface area contributed by atoms with Gasteiger partial charge in [-0.05, 0) is 19.5 Å². The Labute approximate surface area is 81.1 Å². The zero-order valence-corrected chi connectivity index (χ0v) is 7.40. The molecular formula is C3H10KN2. The number of hydrogen-bond donors (Lipinski definition) is 2. The van der Waals surface area contributed by atoms with Gasteiger partial charge in [0.25, 0.3) is 0 Å². The third kappa shape index (κ3) is 9.12. The monoisotopic (exact) mass is 113 g/mol. The minimum absolute atomic E-state index is 0. The van der Waals surface area contributed by atoms with Crippen LogP contribution in [0.2, 0.25) is 0 Å². The van der Waals surface area contributed by atoms with Crippen molar-refractivity contribution in [2.24, 2.45) is 11.5 Å². The topological polar surface area (TPSA) is 52.0 Å². The fourth-order valence-electron chi connectivity index (χ4n) is 0.118. The molecule has 0 aromatic heterocycles. The van der Waals surface area contributed by atoms with Crippen LogP contribution in [0, 0.1) is 0 Å². The van der Waals surface area contributed by atoms with E-state index in [-0.39, 0.29) is 51.4 Å². The summed E-state index contributed by atoms with van der Waals surface area (Å²) in [6, 6.07) is 0. The average molecular weight is 113 g/mol. The molecule has 0 spiro atoms. The van der Waals surface area contributed by atoms with Gasteiger partial charge in [0, 0.05) is 51.4 Å². The molecule has 0 aromatic carbocycles. The van der Waals surface area contributed by atoms with E-state index >= 15 is 0 Å². The Morgan fingerprint density at radius 3 is 1.33 bits per heavy atom. The van der Waals surface area contributed by atoms with Gasteiger partial charge in [-0.15, -0.1) is 0 Å². The molecule has 0 rings (SSSR count). The fraction of sp³-hybridized carbons (Fsp3) is 1.00. The molecule has 6 heavy (non-hydrogen) atoms. The SMILES string of the molecule is NCCCN.[K]. The molecule has 1 radical (unpaired) electrons. The van der Waals surface area contributed by atoms with Crippen molar-refractivity contribution in [2.45, 2.75) is 6.42 Å². The van der Waals surface area contributed by atoms with Gasteiger partial charge in [-0.3, -0.25) is 0 Å². The summed E-state index contributed by atoms with van der Waals surface area (Å²) in [6.07, 6.45) is 0.944. The first-order chi connectivity index (χ1) is 2.41. The zero-order valence-electron chi connectivity index (χ0n) is 4.28. The Balaban J connectivity index is 0. The molecule has 0 aromatic rings. The van der Waals surface area contributed by atoms with E-state index < -0.39 is 0 Å². The Bertz CT molecular complexity index is 16.3. The van der Waals surface area contributed by atoms with Crippen molar-refractivity contribution >= 4 is 51.4 Å². The second kappa shape index (κ2) is 9.75. The van der Waals surface area contributed by atoms with Crippen molar-refractivity contribution in [1.29, 1.82) is 0 Å². The summed E-state index contributed by atoms with van der Waals surface area (Å²) >= 11 is 0. The molecule has 2 nitrogen and oxygen atoms in total. The van der Waals surface area contributed by atoms with Gasteiger partial charge in [0.2, 0.25) is 0 Å². The van der Waals surface area contributed by atoms with Crippen LogP contribution in [0.3, 0.4) is 0 Å². The van der Waals surface area contributed by atoms with Crippen molar-refractivity contribution in [2.75, 3.05) is 13.1 Å². The van der Waals surface area contributed by atoms with Crippen LogP contribution >= 0.6 is 0 Å². The van der Waals surface area contributed by atoms with Crippen LogP contribution in [0.25, 0.3) is 0 Å². The second-order valence-electron chi connectivity index (χ2n) is 0.931. The molecule has 0 aliphatic carbocycles. The molecule has 33 valence electrons. The van der Waals surface area contributed by atoms with Crippen molar-refractivity contribution in [3.8, 4) is 0 Å². The predicted octanol–water partition coefficient (Wildman–Crippen LogP) is -1.09. The molecule has 0 amide bonds. The van der Waals surface area contributed by atoms with Crippen LogP contribution in [0.4, 0.5) is 0 Å². The minimum Gasteiger partial charge on any atom is -0.330 e. The molecule has 4 N–H and O–H groups in total. The van der Waals surface area contributed by atoms with E-state index in [0.29, 0.717) is 0 Å².